The molecule has 2 nitrogen and oxygen atoms in total. The van der Waals surface area contributed by atoms with Crippen molar-refractivity contribution >= 4 is 29.5 Å². The SMILES string of the molecule is O=C(S)NCc1ccc(F)c(Cl)c1. The molecule has 5 heteroatoms. The first-order chi connectivity index (χ1) is 6.09. The van der Waals surface area contributed by atoms with Gasteiger partial charge in [-0.2, -0.15) is 0 Å². The Hall–Kier alpha value is -0.740. The van der Waals surface area contributed by atoms with Gasteiger partial charge in [-0.25, -0.2) is 4.39 Å². The van der Waals surface area contributed by atoms with E-state index in [9.17, 15) is 9.18 Å². The predicted octanol–water partition coefficient (Wildman–Crippen LogP) is 2.62. The fraction of sp³-hybridized carbons (Fsp3) is 0.125. The standard InChI is InChI=1S/C8H7ClFNOS/c9-6-3-5(1-2-7(6)10)4-11-8(12)13/h1-3H,4H2,(H2,11,12,13). The van der Waals surface area contributed by atoms with Gasteiger partial charge in [0.25, 0.3) is 5.24 Å². The van der Waals surface area contributed by atoms with Crippen molar-refractivity contribution in [1.29, 1.82) is 0 Å². The second-order valence-electron chi connectivity index (χ2n) is 2.41. The maximum absolute atomic E-state index is 12.7. The lowest BCUT2D eigenvalue weighted by Gasteiger charge is -2.02. The Balaban J connectivity index is 2.68. The van der Waals surface area contributed by atoms with Gasteiger partial charge in [0, 0.05) is 6.54 Å². The van der Waals surface area contributed by atoms with Crippen LogP contribution in [0.5, 0.6) is 0 Å². The highest BCUT2D eigenvalue weighted by Crippen LogP contribution is 2.15. The summed E-state index contributed by atoms with van der Waals surface area (Å²) in [6.07, 6.45) is 0. The number of carbonyl (C=O) groups is 1. The molecule has 0 fully saturated rings. The molecule has 0 unspecified atom stereocenters. The van der Waals surface area contributed by atoms with Crippen molar-refractivity contribution < 1.29 is 9.18 Å². The van der Waals surface area contributed by atoms with Gasteiger partial charge in [0.05, 0.1) is 5.02 Å². The van der Waals surface area contributed by atoms with Gasteiger partial charge in [-0.3, -0.25) is 4.79 Å². The summed E-state index contributed by atoms with van der Waals surface area (Å²) < 4.78 is 12.7. The molecule has 1 N–H and O–H groups in total. The molecule has 1 aromatic rings. The van der Waals surface area contributed by atoms with Crippen molar-refractivity contribution in [3.05, 3.63) is 34.6 Å². The molecular formula is C8H7ClFNOS. The lowest BCUT2D eigenvalue weighted by molar-refractivity contribution is 0.260. The Kier molecular flexibility index (Phi) is 3.57. The lowest BCUT2D eigenvalue weighted by atomic mass is 10.2. The summed E-state index contributed by atoms with van der Waals surface area (Å²) in [6, 6.07) is 4.26. The summed E-state index contributed by atoms with van der Waals surface area (Å²) in [6.45, 7) is 0.294. The van der Waals surface area contributed by atoms with Gasteiger partial charge in [-0.05, 0) is 17.7 Å². The second kappa shape index (κ2) is 4.48. The second-order valence-corrected chi connectivity index (χ2v) is 3.22. The van der Waals surface area contributed by atoms with E-state index in [4.69, 9.17) is 11.6 Å². The van der Waals surface area contributed by atoms with Gasteiger partial charge in [0.15, 0.2) is 0 Å². The summed E-state index contributed by atoms with van der Waals surface area (Å²) in [7, 11) is 0. The van der Waals surface area contributed by atoms with Crippen molar-refractivity contribution in [2.24, 2.45) is 0 Å². The molecule has 0 saturated carbocycles. The Bertz CT molecular complexity index is 332. The summed E-state index contributed by atoms with van der Waals surface area (Å²) >= 11 is 9.04. The van der Waals surface area contributed by atoms with Gasteiger partial charge in [0.2, 0.25) is 0 Å². The Labute approximate surface area is 85.5 Å². The summed E-state index contributed by atoms with van der Waals surface area (Å²) in [4.78, 5) is 10.4. The largest absolute Gasteiger partial charge is 0.343 e. The lowest BCUT2D eigenvalue weighted by Crippen LogP contribution is -2.15. The Morgan fingerprint density at radius 2 is 2.31 bits per heavy atom. The minimum atomic E-state index is -0.470. The number of benzene rings is 1. The molecule has 0 atom stereocenters. The van der Waals surface area contributed by atoms with Crippen LogP contribution >= 0.6 is 24.2 Å². The average molecular weight is 220 g/mol. The number of hydrogen-bond donors (Lipinski definition) is 2. The molecule has 0 spiro atoms. The van der Waals surface area contributed by atoms with Gasteiger partial charge in [0.1, 0.15) is 5.82 Å². The summed E-state index contributed by atoms with van der Waals surface area (Å²) in [5.41, 5.74) is 0.730. The third-order valence-electron chi connectivity index (χ3n) is 1.43. The first kappa shape index (κ1) is 10.3. The molecule has 0 radical (unpaired) electrons. The van der Waals surface area contributed by atoms with Crippen LogP contribution in [0.2, 0.25) is 5.02 Å². The number of thiol groups is 1. The Morgan fingerprint density at radius 1 is 1.62 bits per heavy atom. The smallest absolute Gasteiger partial charge is 0.276 e. The molecule has 0 saturated heterocycles. The first-order valence-corrected chi connectivity index (χ1v) is 4.33. The van der Waals surface area contributed by atoms with Crippen molar-refractivity contribution in [3.63, 3.8) is 0 Å². The van der Waals surface area contributed by atoms with Crippen molar-refractivity contribution in [2.75, 3.05) is 0 Å². The van der Waals surface area contributed by atoms with E-state index in [2.05, 4.69) is 17.9 Å². The summed E-state index contributed by atoms with van der Waals surface area (Å²) in [5.74, 6) is -0.470. The number of halogens is 2. The Morgan fingerprint density at radius 3 is 2.85 bits per heavy atom. The fourth-order valence-corrected chi connectivity index (χ4v) is 1.11. The van der Waals surface area contributed by atoms with Crippen LogP contribution in [0.4, 0.5) is 9.18 Å². The normalized spacial score (nSPS) is 9.77. The molecule has 0 aromatic heterocycles. The average Bonchev–Trinajstić information content (AvgIpc) is 2.07. The fourth-order valence-electron chi connectivity index (χ4n) is 0.827. The number of amides is 1. The van der Waals surface area contributed by atoms with E-state index in [0.29, 0.717) is 6.54 Å². The third kappa shape index (κ3) is 3.24. The van der Waals surface area contributed by atoms with Crippen LogP contribution in [-0.2, 0) is 6.54 Å². The molecule has 0 heterocycles. The molecule has 70 valence electrons. The molecule has 0 aliphatic rings. The highest BCUT2D eigenvalue weighted by Gasteiger charge is 2.00. The van der Waals surface area contributed by atoms with E-state index < -0.39 is 11.1 Å². The van der Waals surface area contributed by atoms with Crippen molar-refractivity contribution in [2.45, 2.75) is 6.54 Å². The van der Waals surface area contributed by atoms with E-state index in [1.165, 1.54) is 12.1 Å². The quantitative estimate of drug-likeness (QED) is 0.736. The maximum atomic E-state index is 12.7. The number of hydrogen-bond acceptors (Lipinski definition) is 1. The van der Waals surface area contributed by atoms with Crippen LogP contribution in [0.25, 0.3) is 0 Å². The number of nitrogens with one attached hydrogen (secondary N) is 1. The highest BCUT2D eigenvalue weighted by molar-refractivity contribution is 7.96. The topological polar surface area (TPSA) is 29.1 Å². The third-order valence-corrected chi connectivity index (χ3v) is 1.88. The minimum absolute atomic E-state index is 0.0471. The molecule has 1 aromatic carbocycles. The maximum Gasteiger partial charge on any atom is 0.276 e. The van der Waals surface area contributed by atoms with Gasteiger partial charge in [-0.1, -0.05) is 30.3 Å². The molecule has 0 aliphatic carbocycles. The van der Waals surface area contributed by atoms with E-state index >= 15 is 0 Å². The van der Waals surface area contributed by atoms with Crippen LogP contribution in [0.15, 0.2) is 18.2 Å². The van der Waals surface area contributed by atoms with E-state index in [0.717, 1.165) is 5.56 Å². The molecular weight excluding hydrogens is 213 g/mol. The zero-order chi connectivity index (χ0) is 9.84. The zero-order valence-electron chi connectivity index (χ0n) is 6.55. The van der Waals surface area contributed by atoms with Gasteiger partial charge < -0.3 is 5.32 Å². The monoisotopic (exact) mass is 219 g/mol. The van der Waals surface area contributed by atoms with Crippen LogP contribution in [0, 0.1) is 5.82 Å². The van der Waals surface area contributed by atoms with Gasteiger partial charge in [-0.15, -0.1) is 0 Å². The van der Waals surface area contributed by atoms with Gasteiger partial charge >= 0.3 is 0 Å². The highest BCUT2D eigenvalue weighted by atomic mass is 35.5. The van der Waals surface area contributed by atoms with E-state index in [1.54, 1.807) is 6.07 Å². The van der Waals surface area contributed by atoms with Crippen LogP contribution in [-0.4, -0.2) is 5.24 Å². The van der Waals surface area contributed by atoms with Crippen LogP contribution < -0.4 is 5.32 Å². The zero-order valence-corrected chi connectivity index (χ0v) is 8.20. The van der Waals surface area contributed by atoms with Crippen LogP contribution in [0.3, 0.4) is 0 Å². The first-order valence-electron chi connectivity index (χ1n) is 3.50. The number of rotatable bonds is 2. The molecule has 1 amide bonds. The molecule has 0 bridgehead atoms. The summed E-state index contributed by atoms with van der Waals surface area (Å²) in [5, 5.41) is 2.07. The number of carbonyl (C=O) groups excluding carboxylic acids is 1. The van der Waals surface area contributed by atoms with E-state index in [-0.39, 0.29) is 5.02 Å². The molecule has 1 rings (SSSR count). The van der Waals surface area contributed by atoms with E-state index in [1.807, 2.05) is 0 Å². The van der Waals surface area contributed by atoms with Crippen molar-refractivity contribution in [1.82, 2.24) is 5.32 Å². The predicted molar refractivity (Wildman–Crippen MR) is 52.6 cm³/mol. The van der Waals surface area contributed by atoms with Crippen LogP contribution in [0.1, 0.15) is 5.56 Å². The van der Waals surface area contributed by atoms with Crippen molar-refractivity contribution in [3.8, 4) is 0 Å². The molecule has 13 heavy (non-hydrogen) atoms. The minimum Gasteiger partial charge on any atom is -0.343 e. The molecule has 0 aliphatic heterocycles.